The Kier molecular flexibility index (Phi) is 4.08. The first-order valence-corrected chi connectivity index (χ1v) is 13.6. The standard InChI is InChI=1S/C29H41NO4/c1-25(2,3)26(4,32)20-15-27-10-11-29(20,33-5)24-28(27)12-13-30(16-17-6-7-17)21(27)14-18-8-9-19(31)23(34-24)22(18)28/h8-9,17,20-21,24,31-32H,6-7,10-16H2,1-5H3/t20-,21-,24?,26?,27-,28+,29-/m1/s1. The van der Waals surface area contributed by atoms with E-state index in [0.717, 1.165) is 44.6 Å². The second kappa shape index (κ2) is 6.33. The lowest BCUT2D eigenvalue weighted by Crippen LogP contribution is -2.83. The van der Waals surface area contributed by atoms with Crippen LogP contribution in [0.3, 0.4) is 0 Å². The lowest BCUT2D eigenvalue weighted by molar-refractivity contribution is -0.312. The number of ether oxygens (including phenoxy) is 2. The molecule has 0 radical (unpaired) electrons. The first kappa shape index (κ1) is 21.9. The van der Waals surface area contributed by atoms with E-state index in [2.05, 4.69) is 31.7 Å². The summed E-state index contributed by atoms with van der Waals surface area (Å²) < 4.78 is 13.5. The van der Waals surface area contributed by atoms with Crippen LogP contribution in [0.2, 0.25) is 0 Å². The Morgan fingerprint density at radius 2 is 1.91 bits per heavy atom. The van der Waals surface area contributed by atoms with E-state index in [1.165, 1.54) is 30.5 Å². The van der Waals surface area contributed by atoms with E-state index < -0.39 is 11.2 Å². The molecule has 186 valence electrons. The van der Waals surface area contributed by atoms with Crippen LogP contribution in [0.4, 0.5) is 0 Å². The molecule has 2 heterocycles. The maximum Gasteiger partial charge on any atom is 0.165 e. The second-order valence-corrected chi connectivity index (χ2v) is 13.8. The van der Waals surface area contributed by atoms with Crippen LogP contribution in [-0.4, -0.2) is 58.7 Å². The lowest BCUT2D eigenvalue weighted by atomic mass is 9.33. The number of nitrogens with zero attached hydrogens (tertiary/aromatic N) is 1. The number of fused-ring (bicyclic) bond motifs is 2. The largest absolute Gasteiger partial charge is 0.504 e. The predicted octanol–water partition coefficient (Wildman–Crippen LogP) is 4.41. The van der Waals surface area contributed by atoms with E-state index in [-0.39, 0.29) is 34.0 Å². The summed E-state index contributed by atoms with van der Waals surface area (Å²) in [6, 6.07) is 4.46. The zero-order chi connectivity index (χ0) is 23.9. The van der Waals surface area contributed by atoms with Gasteiger partial charge in [-0.2, -0.15) is 0 Å². The summed E-state index contributed by atoms with van der Waals surface area (Å²) in [6.45, 7) is 10.8. The van der Waals surface area contributed by atoms with Crippen LogP contribution in [0.15, 0.2) is 12.1 Å². The van der Waals surface area contributed by atoms with Gasteiger partial charge in [-0.05, 0) is 81.4 Å². The Morgan fingerprint density at radius 3 is 2.59 bits per heavy atom. The Balaban J connectivity index is 1.47. The molecule has 1 aromatic carbocycles. The maximum absolute atomic E-state index is 12.2. The topological polar surface area (TPSA) is 62.2 Å². The molecule has 34 heavy (non-hydrogen) atoms. The molecular weight excluding hydrogens is 426 g/mol. The highest BCUT2D eigenvalue weighted by Gasteiger charge is 2.82. The van der Waals surface area contributed by atoms with Crippen molar-refractivity contribution in [3.8, 4) is 11.5 Å². The molecule has 4 bridgehead atoms. The van der Waals surface area contributed by atoms with Gasteiger partial charge in [-0.1, -0.05) is 26.8 Å². The normalized spacial score (nSPS) is 43.9. The van der Waals surface area contributed by atoms with E-state index in [0.29, 0.717) is 11.8 Å². The molecule has 5 fully saturated rings. The number of hydrogen-bond acceptors (Lipinski definition) is 5. The fraction of sp³-hybridized carbons (Fsp3) is 0.793. The number of likely N-dealkylation sites (tertiary alicyclic amines) is 1. The van der Waals surface area contributed by atoms with Crippen molar-refractivity contribution in [1.82, 2.24) is 4.90 Å². The van der Waals surface area contributed by atoms with Gasteiger partial charge in [0.2, 0.25) is 0 Å². The zero-order valence-corrected chi connectivity index (χ0v) is 21.5. The van der Waals surface area contributed by atoms with Gasteiger partial charge in [0.15, 0.2) is 11.5 Å². The number of rotatable bonds is 4. The fourth-order valence-corrected chi connectivity index (χ4v) is 9.58. The summed E-state index contributed by atoms with van der Waals surface area (Å²) >= 11 is 0. The molecule has 7 atom stereocenters. The summed E-state index contributed by atoms with van der Waals surface area (Å²) in [5.74, 6) is 1.80. The molecule has 8 rings (SSSR count). The van der Waals surface area contributed by atoms with Gasteiger partial charge in [0.25, 0.3) is 0 Å². The lowest BCUT2D eigenvalue weighted by Gasteiger charge is -2.75. The number of methoxy groups -OCH3 is 1. The molecule has 1 saturated heterocycles. The molecule has 4 saturated carbocycles. The van der Waals surface area contributed by atoms with Crippen molar-refractivity contribution >= 4 is 0 Å². The Labute approximate surface area is 203 Å². The smallest absolute Gasteiger partial charge is 0.165 e. The summed E-state index contributed by atoms with van der Waals surface area (Å²) in [6.07, 6.45) is 7.64. The van der Waals surface area contributed by atoms with Crippen molar-refractivity contribution in [1.29, 1.82) is 0 Å². The van der Waals surface area contributed by atoms with Crippen LogP contribution in [0.5, 0.6) is 11.5 Å². The van der Waals surface area contributed by atoms with Crippen molar-refractivity contribution in [3.05, 3.63) is 23.3 Å². The maximum atomic E-state index is 12.2. The Morgan fingerprint density at radius 1 is 1.15 bits per heavy atom. The molecule has 2 N–H and O–H groups in total. The third kappa shape index (κ3) is 2.25. The molecule has 2 spiro atoms. The van der Waals surface area contributed by atoms with Crippen LogP contribution < -0.4 is 4.74 Å². The minimum absolute atomic E-state index is 0.0294. The number of hydrogen-bond donors (Lipinski definition) is 2. The predicted molar refractivity (Wildman–Crippen MR) is 130 cm³/mol. The minimum atomic E-state index is -0.909. The van der Waals surface area contributed by atoms with Gasteiger partial charge in [-0.3, -0.25) is 4.90 Å². The van der Waals surface area contributed by atoms with Crippen LogP contribution in [0, 0.1) is 22.7 Å². The molecule has 2 unspecified atom stereocenters. The molecule has 5 nitrogen and oxygen atoms in total. The Bertz CT molecular complexity index is 1060. The van der Waals surface area contributed by atoms with Gasteiger partial charge >= 0.3 is 0 Å². The number of aliphatic hydroxyl groups is 1. The van der Waals surface area contributed by atoms with Crippen molar-refractivity contribution in [2.45, 2.75) is 101 Å². The average Bonchev–Trinajstić information content (AvgIpc) is 3.53. The molecule has 5 heteroatoms. The quantitative estimate of drug-likeness (QED) is 0.687. The van der Waals surface area contributed by atoms with E-state index in [1.54, 1.807) is 0 Å². The fourth-order valence-electron chi connectivity index (χ4n) is 9.58. The van der Waals surface area contributed by atoms with Crippen molar-refractivity contribution in [2.24, 2.45) is 22.7 Å². The van der Waals surface area contributed by atoms with E-state index in [4.69, 9.17) is 9.47 Å². The highest BCUT2D eigenvalue weighted by Crippen LogP contribution is 2.78. The van der Waals surface area contributed by atoms with Gasteiger partial charge in [-0.15, -0.1) is 0 Å². The summed E-state index contributed by atoms with van der Waals surface area (Å²) in [5.41, 5.74) is 0.783. The minimum Gasteiger partial charge on any atom is -0.504 e. The van der Waals surface area contributed by atoms with Gasteiger partial charge in [0, 0.05) is 42.0 Å². The number of phenolic OH excluding ortho intramolecular Hbond substituents is 1. The number of phenols is 1. The van der Waals surface area contributed by atoms with Crippen LogP contribution >= 0.6 is 0 Å². The number of aromatic hydroxyl groups is 1. The van der Waals surface area contributed by atoms with E-state index in [9.17, 15) is 10.2 Å². The Hall–Kier alpha value is -1.30. The third-order valence-electron chi connectivity index (χ3n) is 11.9. The molecule has 1 aromatic rings. The van der Waals surface area contributed by atoms with Crippen LogP contribution in [0.25, 0.3) is 0 Å². The monoisotopic (exact) mass is 467 g/mol. The van der Waals surface area contributed by atoms with Crippen molar-refractivity contribution in [2.75, 3.05) is 20.2 Å². The molecule has 5 aliphatic carbocycles. The summed E-state index contributed by atoms with van der Waals surface area (Å²) in [7, 11) is 1.83. The molecule has 0 aromatic heterocycles. The van der Waals surface area contributed by atoms with Crippen LogP contribution in [0.1, 0.15) is 77.3 Å². The SMILES string of the molecule is CO[C@]12CC[C@@]3(C[C@@H]1C(C)(O)C(C)(C)C)[C@H]1Cc4ccc(O)c5c4[C@@]3(CCN1CC1CC1)C2O5. The second-order valence-electron chi connectivity index (χ2n) is 13.8. The van der Waals surface area contributed by atoms with Gasteiger partial charge in [0.1, 0.15) is 11.7 Å². The highest BCUT2D eigenvalue weighted by molar-refractivity contribution is 5.63. The number of piperidine rings is 1. The van der Waals surface area contributed by atoms with E-state index >= 15 is 0 Å². The molecule has 0 amide bonds. The first-order chi connectivity index (χ1) is 16.0. The van der Waals surface area contributed by atoms with Gasteiger partial charge in [0.05, 0.1) is 5.60 Å². The molecular formula is C29H41NO4. The number of benzene rings is 1. The first-order valence-electron chi connectivity index (χ1n) is 13.6. The van der Waals surface area contributed by atoms with E-state index in [1.807, 2.05) is 20.1 Å². The average molecular weight is 468 g/mol. The highest BCUT2D eigenvalue weighted by atomic mass is 16.6. The third-order valence-corrected chi connectivity index (χ3v) is 11.9. The van der Waals surface area contributed by atoms with Crippen LogP contribution in [-0.2, 0) is 16.6 Å². The zero-order valence-electron chi connectivity index (χ0n) is 21.5. The summed E-state index contributed by atoms with van der Waals surface area (Å²) in [4.78, 5) is 2.82. The van der Waals surface area contributed by atoms with Crippen molar-refractivity contribution < 1.29 is 19.7 Å². The molecule has 7 aliphatic rings. The summed E-state index contributed by atoms with van der Waals surface area (Å²) in [5, 5.41) is 23.2. The van der Waals surface area contributed by atoms with Gasteiger partial charge < -0.3 is 19.7 Å². The van der Waals surface area contributed by atoms with Gasteiger partial charge in [-0.25, -0.2) is 0 Å². The molecule has 2 aliphatic heterocycles. The van der Waals surface area contributed by atoms with Crippen molar-refractivity contribution in [3.63, 3.8) is 0 Å².